The predicted molar refractivity (Wildman–Crippen MR) is 93.8 cm³/mol. The smallest absolute Gasteiger partial charge is 0.123 e. The predicted octanol–water partition coefficient (Wildman–Crippen LogP) is 5.61. The first kappa shape index (κ1) is 15.0. The van der Waals surface area contributed by atoms with Crippen molar-refractivity contribution >= 4 is 27.7 Å². The average molecular weight is 363 g/mol. The Morgan fingerprint density at radius 2 is 1.95 bits per heavy atom. The van der Waals surface area contributed by atoms with Gasteiger partial charge in [-0.25, -0.2) is 0 Å². The SMILES string of the molecule is CSc1ccccc1C(Br)c1ccc2c(c1)CC(C)(C)O2. The zero-order valence-electron chi connectivity index (χ0n) is 12.5. The Kier molecular flexibility index (Phi) is 4.06. The van der Waals surface area contributed by atoms with Gasteiger partial charge < -0.3 is 4.74 Å². The third-order valence-corrected chi connectivity index (χ3v) is 5.63. The minimum absolute atomic E-state index is 0.0834. The molecule has 110 valence electrons. The summed E-state index contributed by atoms with van der Waals surface area (Å²) in [5, 5.41) is 0. The number of rotatable bonds is 3. The minimum atomic E-state index is -0.0834. The van der Waals surface area contributed by atoms with Crippen LogP contribution < -0.4 is 4.74 Å². The molecule has 1 atom stereocenters. The van der Waals surface area contributed by atoms with E-state index in [2.05, 4.69) is 78.5 Å². The van der Waals surface area contributed by atoms with Crippen LogP contribution in [0.5, 0.6) is 5.75 Å². The summed E-state index contributed by atoms with van der Waals surface area (Å²) in [5.41, 5.74) is 3.84. The van der Waals surface area contributed by atoms with Gasteiger partial charge in [-0.05, 0) is 48.9 Å². The van der Waals surface area contributed by atoms with Crippen molar-refractivity contribution in [2.45, 2.75) is 35.6 Å². The first-order valence-electron chi connectivity index (χ1n) is 7.09. The number of halogens is 1. The molecule has 0 fully saturated rings. The molecule has 0 aliphatic carbocycles. The van der Waals surface area contributed by atoms with Gasteiger partial charge in [-0.15, -0.1) is 11.8 Å². The zero-order valence-corrected chi connectivity index (χ0v) is 14.9. The van der Waals surface area contributed by atoms with Gasteiger partial charge >= 0.3 is 0 Å². The molecule has 21 heavy (non-hydrogen) atoms. The standard InChI is InChI=1S/C18H19BrOS/c1-18(2)11-13-10-12(8-9-15(13)20-18)17(19)14-6-4-5-7-16(14)21-3/h4-10,17H,11H2,1-3H3. The topological polar surface area (TPSA) is 9.23 Å². The lowest BCUT2D eigenvalue weighted by atomic mass is 9.98. The van der Waals surface area contributed by atoms with Crippen molar-refractivity contribution in [2.24, 2.45) is 0 Å². The molecule has 0 radical (unpaired) electrons. The number of alkyl halides is 1. The quantitative estimate of drug-likeness (QED) is 0.518. The summed E-state index contributed by atoms with van der Waals surface area (Å²) in [5.74, 6) is 1.03. The summed E-state index contributed by atoms with van der Waals surface area (Å²) >= 11 is 5.66. The Balaban J connectivity index is 1.95. The normalized spacial score (nSPS) is 17.1. The van der Waals surface area contributed by atoms with Crippen LogP contribution in [0.3, 0.4) is 0 Å². The second-order valence-corrected chi connectivity index (χ2v) is 7.77. The van der Waals surface area contributed by atoms with Gasteiger partial charge in [0.1, 0.15) is 11.4 Å². The third kappa shape index (κ3) is 3.00. The van der Waals surface area contributed by atoms with Crippen molar-refractivity contribution < 1.29 is 4.74 Å². The lowest BCUT2D eigenvalue weighted by Crippen LogP contribution is -2.24. The number of ether oxygens (including phenoxy) is 1. The highest BCUT2D eigenvalue weighted by molar-refractivity contribution is 9.09. The highest BCUT2D eigenvalue weighted by Crippen LogP contribution is 2.41. The molecule has 0 amide bonds. The van der Waals surface area contributed by atoms with E-state index in [0.29, 0.717) is 0 Å². The summed E-state index contributed by atoms with van der Waals surface area (Å²) in [4.78, 5) is 1.53. The third-order valence-electron chi connectivity index (χ3n) is 3.79. The van der Waals surface area contributed by atoms with Crippen LogP contribution in [0.25, 0.3) is 0 Å². The summed E-state index contributed by atoms with van der Waals surface area (Å²) in [7, 11) is 0. The van der Waals surface area contributed by atoms with Gasteiger partial charge in [-0.3, -0.25) is 0 Å². The molecule has 3 rings (SSSR count). The minimum Gasteiger partial charge on any atom is -0.487 e. The Morgan fingerprint density at radius 1 is 1.19 bits per heavy atom. The van der Waals surface area contributed by atoms with Crippen LogP contribution in [-0.4, -0.2) is 11.9 Å². The molecule has 1 heterocycles. The van der Waals surface area contributed by atoms with E-state index >= 15 is 0 Å². The molecule has 0 spiro atoms. The second-order valence-electron chi connectivity index (χ2n) is 6.01. The Bertz CT molecular complexity index is 666. The molecule has 0 saturated carbocycles. The van der Waals surface area contributed by atoms with E-state index in [1.165, 1.54) is 21.6 Å². The van der Waals surface area contributed by atoms with Gasteiger partial charge in [-0.1, -0.05) is 46.3 Å². The molecule has 0 aromatic heterocycles. The van der Waals surface area contributed by atoms with Crippen LogP contribution in [0.1, 0.15) is 35.4 Å². The number of hydrogen-bond donors (Lipinski definition) is 0. The largest absolute Gasteiger partial charge is 0.487 e. The van der Waals surface area contributed by atoms with Crippen LogP contribution in [0.4, 0.5) is 0 Å². The van der Waals surface area contributed by atoms with E-state index < -0.39 is 0 Å². The molecular weight excluding hydrogens is 344 g/mol. The number of thioether (sulfide) groups is 1. The van der Waals surface area contributed by atoms with Crippen molar-refractivity contribution in [3.63, 3.8) is 0 Å². The lowest BCUT2D eigenvalue weighted by Gasteiger charge is -2.16. The molecule has 1 aliphatic heterocycles. The van der Waals surface area contributed by atoms with Gasteiger partial charge in [0.15, 0.2) is 0 Å². The molecule has 0 N–H and O–H groups in total. The Hall–Kier alpha value is -0.930. The second kappa shape index (κ2) is 5.69. The van der Waals surface area contributed by atoms with E-state index in [9.17, 15) is 0 Å². The molecule has 2 aromatic carbocycles. The molecule has 0 bridgehead atoms. The molecular formula is C18H19BrOS. The van der Waals surface area contributed by atoms with Gasteiger partial charge in [0, 0.05) is 11.3 Å². The summed E-state index contributed by atoms with van der Waals surface area (Å²) in [6.07, 6.45) is 3.09. The van der Waals surface area contributed by atoms with Gasteiger partial charge in [0.05, 0.1) is 4.83 Å². The number of benzene rings is 2. The van der Waals surface area contributed by atoms with Gasteiger partial charge in [0.2, 0.25) is 0 Å². The highest BCUT2D eigenvalue weighted by Gasteiger charge is 2.30. The Labute approximate surface area is 139 Å². The van der Waals surface area contributed by atoms with Crippen molar-refractivity contribution in [3.8, 4) is 5.75 Å². The van der Waals surface area contributed by atoms with Crippen molar-refractivity contribution in [3.05, 3.63) is 59.2 Å². The first-order valence-corrected chi connectivity index (χ1v) is 9.23. The van der Waals surface area contributed by atoms with Crippen LogP contribution in [0.2, 0.25) is 0 Å². The summed E-state index contributed by atoms with van der Waals surface area (Å²) in [6, 6.07) is 15.1. The molecule has 3 heteroatoms. The Morgan fingerprint density at radius 3 is 2.71 bits per heavy atom. The van der Waals surface area contributed by atoms with Crippen LogP contribution >= 0.6 is 27.7 Å². The molecule has 0 saturated heterocycles. The van der Waals surface area contributed by atoms with E-state index in [1.807, 2.05) is 0 Å². The van der Waals surface area contributed by atoms with Crippen LogP contribution in [-0.2, 0) is 6.42 Å². The summed E-state index contributed by atoms with van der Waals surface area (Å²) in [6.45, 7) is 4.28. The average Bonchev–Trinajstić information content (AvgIpc) is 2.79. The first-order chi connectivity index (χ1) is 10.00. The molecule has 1 unspecified atom stereocenters. The highest BCUT2D eigenvalue weighted by atomic mass is 79.9. The van der Waals surface area contributed by atoms with Gasteiger partial charge in [0.25, 0.3) is 0 Å². The van der Waals surface area contributed by atoms with E-state index in [-0.39, 0.29) is 10.4 Å². The maximum Gasteiger partial charge on any atom is 0.123 e. The fraction of sp³-hybridized carbons (Fsp3) is 0.333. The van der Waals surface area contributed by atoms with E-state index in [0.717, 1.165) is 12.2 Å². The van der Waals surface area contributed by atoms with Crippen LogP contribution in [0.15, 0.2) is 47.4 Å². The maximum absolute atomic E-state index is 5.96. The lowest BCUT2D eigenvalue weighted by molar-refractivity contribution is 0.138. The summed E-state index contributed by atoms with van der Waals surface area (Å²) < 4.78 is 5.96. The number of fused-ring (bicyclic) bond motifs is 1. The van der Waals surface area contributed by atoms with Crippen molar-refractivity contribution in [2.75, 3.05) is 6.26 Å². The molecule has 1 aliphatic rings. The molecule has 2 aromatic rings. The fourth-order valence-electron chi connectivity index (χ4n) is 2.84. The van der Waals surface area contributed by atoms with Crippen molar-refractivity contribution in [1.82, 2.24) is 0 Å². The zero-order chi connectivity index (χ0) is 15.0. The fourth-order valence-corrected chi connectivity index (χ4v) is 4.31. The van der Waals surface area contributed by atoms with E-state index in [4.69, 9.17) is 4.74 Å². The van der Waals surface area contributed by atoms with Gasteiger partial charge in [-0.2, -0.15) is 0 Å². The van der Waals surface area contributed by atoms with Crippen LogP contribution in [0, 0.1) is 0 Å². The van der Waals surface area contributed by atoms with E-state index in [1.54, 1.807) is 11.8 Å². The number of hydrogen-bond acceptors (Lipinski definition) is 2. The maximum atomic E-state index is 5.96. The van der Waals surface area contributed by atoms with Crippen molar-refractivity contribution in [1.29, 1.82) is 0 Å². The molecule has 1 nitrogen and oxygen atoms in total. The monoisotopic (exact) mass is 362 g/mol.